The number of rotatable bonds is 6. The lowest BCUT2D eigenvalue weighted by Crippen LogP contribution is -2.12. The summed E-state index contributed by atoms with van der Waals surface area (Å²) in [5, 5.41) is 22.0. The summed E-state index contributed by atoms with van der Waals surface area (Å²) in [6, 6.07) is 16.6. The molecule has 0 aliphatic heterocycles. The molecule has 2 aromatic rings. The molecule has 0 aromatic heterocycles. The molecular weight excluding hydrogens is 264 g/mol. The van der Waals surface area contributed by atoms with Gasteiger partial charge in [-0.1, -0.05) is 12.1 Å². The first-order chi connectivity index (χ1) is 10.2. The van der Waals surface area contributed by atoms with Gasteiger partial charge in [-0.2, -0.15) is 5.26 Å². The van der Waals surface area contributed by atoms with Gasteiger partial charge in [-0.05, 0) is 48.9 Å². The normalized spacial score (nSPS) is 11.5. The third-order valence-corrected chi connectivity index (χ3v) is 3.09. The minimum absolute atomic E-state index is 0.403. The van der Waals surface area contributed by atoms with E-state index in [2.05, 4.69) is 11.4 Å². The summed E-state index contributed by atoms with van der Waals surface area (Å²) < 4.78 is 5.37. The monoisotopic (exact) mass is 282 g/mol. The lowest BCUT2D eigenvalue weighted by atomic mass is 10.1. The van der Waals surface area contributed by atoms with Crippen LogP contribution in [0.1, 0.15) is 24.2 Å². The Kier molecular flexibility index (Phi) is 5.19. The van der Waals surface area contributed by atoms with Crippen molar-refractivity contribution >= 4 is 5.69 Å². The first kappa shape index (κ1) is 14.9. The number of nitrogens with zero attached hydrogens (tertiary/aromatic N) is 1. The lowest BCUT2D eigenvalue weighted by molar-refractivity contribution is 0.191. The number of hydrogen-bond acceptors (Lipinski definition) is 4. The van der Waals surface area contributed by atoms with Crippen molar-refractivity contribution in [2.24, 2.45) is 0 Å². The van der Waals surface area contributed by atoms with Gasteiger partial charge in [0, 0.05) is 12.2 Å². The average Bonchev–Trinajstić information content (AvgIpc) is 2.54. The highest BCUT2D eigenvalue weighted by Crippen LogP contribution is 2.18. The summed E-state index contributed by atoms with van der Waals surface area (Å²) in [6.45, 7) is 2.99. The van der Waals surface area contributed by atoms with Crippen LogP contribution >= 0.6 is 0 Å². The second-order valence-corrected chi connectivity index (χ2v) is 4.59. The van der Waals surface area contributed by atoms with E-state index in [9.17, 15) is 5.11 Å². The molecule has 0 saturated heterocycles. The van der Waals surface area contributed by atoms with E-state index >= 15 is 0 Å². The van der Waals surface area contributed by atoms with Crippen LogP contribution in [0.3, 0.4) is 0 Å². The van der Waals surface area contributed by atoms with Gasteiger partial charge in [-0.15, -0.1) is 0 Å². The van der Waals surface area contributed by atoms with E-state index in [0.29, 0.717) is 18.7 Å². The number of ether oxygens (including phenoxy) is 1. The van der Waals surface area contributed by atoms with Gasteiger partial charge in [-0.3, -0.25) is 0 Å². The fourth-order valence-electron chi connectivity index (χ4n) is 1.95. The number of nitrogens with one attached hydrogen (secondary N) is 1. The van der Waals surface area contributed by atoms with Gasteiger partial charge in [-0.25, -0.2) is 0 Å². The van der Waals surface area contributed by atoms with Crippen LogP contribution in [0.15, 0.2) is 48.5 Å². The maximum Gasteiger partial charge on any atom is 0.119 e. The molecule has 4 heteroatoms. The molecule has 4 nitrogen and oxygen atoms in total. The summed E-state index contributed by atoms with van der Waals surface area (Å²) in [5.41, 5.74) is 2.30. The Morgan fingerprint density at radius 3 is 2.38 bits per heavy atom. The van der Waals surface area contributed by atoms with E-state index < -0.39 is 6.10 Å². The molecule has 0 fully saturated rings. The number of nitriles is 1. The third-order valence-electron chi connectivity index (χ3n) is 3.09. The molecule has 108 valence electrons. The minimum atomic E-state index is -0.621. The summed E-state index contributed by atoms with van der Waals surface area (Å²) in [7, 11) is 0. The van der Waals surface area contributed by atoms with Crippen molar-refractivity contribution in [3.63, 3.8) is 0 Å². The topological polar surface area (TPSA) is 65.3 Å². The maximum atomic E-state index is 10.1. The van der Waals surface area contributed by atoms with Gasteiger partial charge in [0.2, 0.25) is 0 Å². The molecule has 2 rings (SSSR count). The van der Waals surface area contributed by atoms with Crippen molar-refractivity contribution in [1.29, 1.82) is 5.26 Å². The molecule has 0 radical (unpaired) electrons. The van der Waals surface area contributed by atoms with E-state index in [1.165, 1.54) is 0 Å². The Morgan fingerprint density at radius 2 is 1.81 bits per heavy atom. The second kappa shape index (κ2) is 7.32. The van der Waals surface area contributed by atoms with Crippen molar-refractivity contribution in [2.45, 2.75) is 13.0 Å². The average molecular weight is 282 g/mol. The summed E-state index contributed by atoms with van der Waals surface area (Å²) in [6.07, 6.45) is -0.621. The Morgan fingerprint density at radius 1 is 1.14 bits per heavy atom. The molecule has 0 bridgehead atoms. The van der Waals surface area contributed by atoms with Gasteiger partial charge in [0.15, 0.2) is 0 Å². The predicted molar refractivity (Wildman–Crippen MR) is 82.2 cm³/mol. The second-order valence-electron chi connectivity index (χ2n) is 4.59. The van der Waals surface area contributed by atoms with Crippen molar-refractivity contribution in [2.75, 3.05) is 18.5 Å². The molecule has 0 heterocycles. The summed E-state index contributed by atoms with van der Waals surface area (Å²) >= 11 is 0. The molecule has 1 unspecified atom stereocenters. The van der Waals surface area contributed by atoms with Crippen LogP contribution in [-0.2, 0) is 0 Å². The smallest absolute Gasteiger partial charge is 0.119 e. The molecule has 2 N–H and O–H groups in total. The molecule has 0 saturated carbocycles. The van der Waals surface area contributed by atoms with E-state index in [4.69, 9.17) is 10.00 Å². The molecule has 1 atom stereocenters. The van der Waals surface area contributed by atoms with Crippen LogP contribution in [-0.4, -0.2) is 18.3 Å². The molecule has 0 spiro atoms. The van der Waals surface area contributed by atoms with E-state index in [1.807, 2.05) is 31.2 Å². The minimum Gasteiger partial charge on any atom is -0.494 e. The van der Waals surface area contributed by atoms with Gasteiger partial charge in [0.25, 0.3) is 0 Å². The van der Waals surface area contributed by atoms with E-state index in [-0.39, 0.29) is 0 Å². The van der Waals surface area contributed by atoms with Crippen molar-refractivity contribution in [3.05, 3.63) is 59.7 Å². The van der Waals surface area contributed by atoms with Gasteiger partial charge in [0.1, 0.15) is 5.75 Å². The van der Waals surface area contributed by atoms with Crippen LogP contribution in [0.25, 0.3) is 0 Å². The fraction of sp³-hybridized carbons (Fsp3) is 0.235. The van der Waals surface area contributed by atoms with Crippen LogP contribution in [0.5, 0.6) is 5.75 Å². The lowest BCUT2D eigenvalue weighted by Gasteiger charge is -2.13. The Hall–Kier alpha value is -2.51. The Balaban J connectivity index is 1.90. The number of aliphatic hydroxyl groups is 1. The highest BCUT2D eigenvalue weighted by Gasteiger charge is 2.07. The first-order valence-corrected chi connectivity index (χ1v) is 6.87. The number of hydrogen-bond donors (Lipinski definition) is 2. The zero-order valence-corrected chi connectivity index (χ0v) is 11.9. The Labute approximate surface area is 124 Å². The molecular formula is C17H18N2O2. The van der Waals surface area contributed by atoms with Crippen LogP contribution in [0.4, 0.5) is 5.69 Å². The quantitative estimate of drug-likeness (QED) is 0.854. The Bertz CT molecular complexity index is 600. The summed E-state index contributed by atoms with van der Waals surface area (Å²) in [5.74, 6) is 0.829. The molecule has 0 aliphatic rings. The highest BCUT2D eigenvalue weighted by molar-refractivity contribution is 5.46. The summed E-state index contributed by atoms with van der Waals surface area (Å²) in [4.78, 5) is 0. The van der Waals surface area contributed by atoms with Crippen molar-refractivity contribution in [1.82, 2.24) is 0 Å². The SMILES string of the molecule is CCOc1ccc(NCC(O)c2ccc(C#N)cc2)cc1. The van der Waals surface area contributed by atoms with Gasteiger partial charge in [0.05, 0.1) is 24.3 Å². The zero-order valence-electron chi connectivity index (χ0n) is 11.9. The number of aliphatic hydroxyl groups excluding tert-OH is 1. The standard InChI is InChI=1S/C17H18N2O2/c1-2-21-16-9-7-15(8-10-16)19-12-17(20)14-5-3-13(11-18)4-6-14/h3-10,17,19-20H,2,12H2,1H3. The molecule has 0 amide bonds. The van der Waals surface area contributed by atoms with Crippen LogP contribution in [0.2, 0.25) is 0 Å². The van der Waals surface area contributed by atoms with Crippen LogP contribution in [0, 0.1) is 11.3 Å². The number of benzene rings is 2. The maximum absolute atomic E-state index is 10.1. The molecule has 2 aromatic carbocycles. The highest BCUT2D eigenvalue weighted by atomic mass is 16.5. The van der Waals surface area contributed by atoms with Gasteiger partial charge < -0.3 is 15.2 Å². The van der Waals surface area contributed by atoms with Crippen molar-refractivity contribution < 1.29 is 9.84 Å². The first-order valence-electron chi connectivity index (χ1n) is 6.87. The van der Waals surface area contributed by atoms with E-state index in [1.54, 1.807) is 24.3 Å². The number of anilines is 1. The van der Waals surface area contributed by atoms with Gasteiger partial charge >= 0.3 is 0 Å². The van der Waals surface area contributed by atoms with Crippen LogP contribution < -0.4 is 10.1 Å². The third kappa shape index (κ3) is 4.23. The van der Waals surface area contributed by atoms with Crippen molar-refractivity contribution in [3.8, 4) is 11.8 Å². The largest absolute Gasteiger partial charge is 0.494 e. The fourth-order valence-corrected chi connectivity index (χ4v) is 1.95. The molecule has 21 heavy (non-hydrogen) atoms. The molecule has 0 aliphatic carbocycles. The van der Waals surface area contributed by atoms with E-state index in [0.717, 1.165) is 17.0 Å². The zero-order chi connectivity index (χ0) is 15.1. The predicted octanol–water partition coefficient (Wildman–Crippen LogP) is 3.10.